The summed E-state index contributed by atoms with van der Waals surface area (Å²) < 4.78 is 19.9. The third-order valence-corrected chi connectivity index (χ3v) is 6.20. The Morgan fingerprint density at radius 3 is 2.92 bits per heavy atom. The van der Waals surface area contributed by atoms with Crippen LogP contribution in [0.5, 0.6) is 0 Å². The third-order valence-electron chi connectivity index (χ3n) is 5.22. The lowest BCUT2D eigenvalue weighted by Crippen LogP contribution is -2.59. The number of morpholine rings is 1. The highest BCUT2D eigenvalue weighted by atomic mass is 32.1. The Balaban J connectivity index is 1.46. The number of anilines is 1. The molecule has 2 saturated heterocycles. The molecule has 0 saturated carbocycles. The summed E-state index contributed by atoms with van der Waals surface area (Å²) in [6.07, 6.45) is 2.17. The standard InChI is InChI=1S/C20H25FN2OS/c1-16-6-7-19(25-16)13-22-10-11-24-20(14-22)8-3-9-23(15-20)18-5-2-4-17(21)12-18/h2,4-7,12H,3,8-11,13-15H2,1H3. The molecule has 2 fully saturated rings. The lowest BCUT2D eigenvalue weighted by molar-refractivity contribution is -0.116. The molecule has 1 unspecified atom stereocenters. The van der Waals surface area contributed by atoms with Crippen molar-refractivity contribution in [3.63, 3.8) is 0 Å². The third kappa shape index (κ3) is 3.89. The molecule has 1 aromatic heterocycles. The minimum absolute atomic E-state index is 0.130. The van der Waals surface area contributed by atoms with E-state index in [1.807, 2.05) is 17.4 Å². The van der Waals surface area contributed by atoms with Gasteiger partial charge in [-0.05, 0) is 50.1 Å². The molecule has 1 spiro atoms. The summed E-state index contributed by atoms with van der Waals surface area (Å²) in [6, 6.07) is 11.4. The summed E-state index contributed by atoms with van der Waals surface area (Å²) in [5.74, 6) is -0.170. The van der Waals surface area contributed by atoms with E-state index < -0.39 is 0 Å². The number of rotatable bonds is 3. The van der Waals surface area contributed by atoms with Crippen molar-refractivity contribution in [1.82, 2.24) is 4.90 Å². The fourth-order valence-electron chi connectivity index (χ4n) is 4.09. The quantitative estimate of drug-likeness (QED) is 0.821. The van der Waals surface area contributed by atoms with E-state index >= 15 is 0 Å². The zero-order chi connectivity index (χ0) is 17.3. The first kappa shape index (κ1) is 17.0. The van der Waals surface area contributed by atoms with Gasteiger partial charge < -0.3 is 9.64 Å². The van der Waals surface area contributed by atoms with Crippen LogP contribution in [0.4, 0.5) is 10.1 Å². The normalized spacial score (nSPS) is 24.8. The molecule has 2 aromatic rings. The summed E-state index contributed by atoms with van der Waals surface area (Å²) in [7, 11) is 0. The summed E-state index contributed by atoms with van der Waals surface area (Å²) in [6.45, 7) is 7.70. The number of piperidine rings is 1. The van der Waals surface area contributed by atoms with Gasteiger partial charge in [0, 0.05) is 48.2 Å². The van der Waals surface area contributed by atoms with E-state index in [0.29, 0.717) is 0 Å². The maximum absolute atomic E-state index is 13.6. The predicted molar refractivity (Wildman–Crippen MR) is 101 cm³/mol. The van der Waals surface area contributed by atoms with Crippen molar-refractivity contribution in [1.29, 1.82) is 0 Å². The minimum atomic E-state index is -0.170. The van der Waals surface area contributed by atoms with E-state index in [-0.39, 0.29) is 11.4 Å². The fraction of sp³-hybridized carbons (Fsp3) is 0.500. The Labute approximate surface area is 153 Å². The molecule has 3 heterocycles. The van der Waals surface area contributed by atoms with Crippen LogP contribution in [-0.2, 0) is 11.3 Å². The van der Waals surface area contributed by atoms with Gasteiger partial charge in [0.15, 0.2) is 0 Å². The van der Waals surface area contributed by atoms with Crippen LogP contribution in [-0.4, -0.2) is 43.3 Å². The molecule has 2 aliphatic heterocycles. The number of thiophene rings is 1. The predicted octanol–water partition coefficient (Wildman–Crippen LogP) is 4.07. The molecular weight excluding hydrogens is 335 g/mol. The second-order valence-corrected chi connectivity index (χ2v) is 8.63. The first-order valence-electron chi connectivity index (χ1n) is 9.04. The van der Waals surface area contributed by atoms with Crippen LogP contribution in [0.25, 0.3) is 0 Å². The van der Waals surface area contributed by atoms with Crippen LogP contribution in [0.2, 0.25) is 0 Å². The number of halogens is 1. The van der Waals surface area contributed by atoms with Gasteiger partial charge in [-0.15, -0.1) is 11.3 Å². The Morgan fingerprint density at radius 1 is 1.20 bits per heavy atom. The van der Waals surface area contributed by atoms with Gasteiger partial charge in [-0.25, -0.2) is 4.39 Å². The van der Waals surface area contributed by atoms with Crippen molar-refractivity contribution < 1.29 is 9.13 Å². The van der Waals surface area contributed by atoms with E-state index in [0.717, 1.165) is 57.9 Å². The number of aryl methyl sites for hydroxylation is 1. The van der Waals surface area contributed by atoms with Crippen molar-refractivity contribution in [3.8, 4) is 0 Å². The number of benzene rings is 1. The van der Waals surface area contributed by atoms with Crippen LogP contribution in [0.3, 0.4) is 0 Å². The van der Waals surface area contributed by atoms with Crippen LogP contribution in [0.15, 0.2) is 36.4 Å². The van der Waals surface area contributed by atoms with E-state index in [9.17, 15) is 4.39 Å². The molecule has 3 nitrogen and oxygen atoms in total. The Morgan fingerprint density at radius 2 is 2.12 bits per heavy atom. The number of nitrogens with zero attached hydrogens (tertiary/aromatic N) is 2. The van der Waals surface area contributed by atoms with E-state index in [1.54, 1.807) is 12.1 Å². The first-order valence-corrected chi connectivity index (χ1v) is 9.86. The molecule has 25 heavy (non-hydrogen) atoms. The highest BCUT2D eigenvalue weighted by Gasteiger charge is 2.40. The maximum atomic E-state index is 13.6. The van der Waals surface area contributed by atoms with Gasteiger partial charge in [-0.1, -0.05) is 6.07 Å². The topological polar surface area (TPSA) is 15.7 Å². The van der Waals surface area contributed by atoms with Gasteiger partial charge in [-0.2, -0.15) is 0 Å². The van der Waals surface area contributed by atoms with Crippen LogP contribution < -0.4 is 4.90 Å². The van der Waals surface area contributed by atoms with Crippen molar-refractivity contribution in [2.24, 2.45) is 0 Å². The van der Waals surface area contributed by atoms with Crippen molar-refractivity contribution >= 4 is 17.0 Å². The molecule has 134 valence electrons. The number of ether oxygens (including phenoxy) is 1. The largest absolute Gasteiger partial charge is 0.370 e. The molecule has 0 aliphatic carbocycles. The van der Waals surface area contributed by atoms with Crippen LogP contribution >= 0.6 is 11.3 Å². The average molecular weight is 360 g/mol. The molecular formula is C20H25FN2OS. The summed E-state index contributed by atoms with van der Waals surface area (Å²) >= 11 is 1.88. The monoisotopic (exact) mass is 360 g/mol. The maximum Gasteiger partial charge on any atom is 0.125 e. The van der Waals surface area contributed by atoms with Gasteiger partial charge in [0.05, 0.1) is 12.2 Å². The lowest BCUT2D eigenvalue weighted by Gasteiger charge is -2.48. The van der Waals surface area contributed by atoms with Gasteiger partial charge in [0.1, 0.15) is 5.82 Å². The van der Waals surface area contributed by atoms with E-state index in [1.165, 1.54) is 15.8 Å². The SMILES string of the molecule is Cc1ccc(CN2CCOC3(CCCN(c4cccc(F)c4)C3)C2)s1. The van der Waals surface area contributed by atoms with E-state index in [2.05, 4.69) is 28.9 Å². The smallest absolute Gasteiger partial charge is 0.125 e. The van der Waals surface area contributed by atoms with Gasteiger partial charge in [0.25, 0.3) is 0 Å². The van der Waals surface area contributed by atoms with Crippen molar-refractivity contribution in [3.05, 3.63) is 52.0 Å². The Hall–Kier alpha value is -1.43. The highest BCUT2D eigenvalue weighted by Crippen LogP contribution is 2.32. The molecule has 1 aromatic carbocycles. The second kappa shape index (κ2) is 7.06. The lowest BCUT2D eigenvalue weighted by atomic mass is 9.90. The van der Waals surface area contributed by atoms with Gasteiger partial charge in [-0.3, -0.25) is 4.90 Å². The molecule has 2 aliphatic rings. The van der Waals surface area contributed by atoms with Gasteiger partial charge in [0.2, 0.25) is 0 Å². The average Bonchev–Trinajstić information content (AvgIpc) is 3.00. The summed E-state index contributed by atoms with van der Waals surface area (Å²) in [5.41, 5.74) is 0.837. The summed E-state index contributed by atoms with van der Waals surface area (Å²) in [5, 5.41) is 0. The fourth-order valence-corrected chi connectivity index (χ4v) is 5.02. The molecule has 0 N–H and O–H groups in total. The Bertz CT molecular complexity index is 730. The van der Waals surface area contributed by atoms with E-state index in [4.69, 9.17) is 4.74 Å². The van der Waals surface area contributed by atoms with Crippen molar-refractivity contribution in [2.45, 2.75) is 31.9 Å². The van der Waals surface area contributed by atoms with Crippen LogP contribution in [0.1, 0.15) is 22.6 Å². The molecule has 5 heteroatoms. The van der Waals surface area contributed by atoms with Crippen LogP contribution in [0, 0.1) is 12.7 Å². The molecule has 4 rings (SSSR count). The van der Waals surface area contributed by atoms with Crippen molar-refractivity contribution in [2.75, 3.05) is 37.7 Å². The minimum Gasteiger partial charge on any atom is -0.370 e. The molecule has 0 radical (unpaired) electrons. The second-order valence-electron chi connectivity index (χ2n) is 7.26. The number of hydrogen-bond acceptors (Lipinski definition) is 4. The summed E-state index contributed by atoms with van der Waals surface area (Å²) in [4.78, 5) is 7.59. The first-order chi connectivity index (χ1) is 12.1. The highest BCUT2D eigenvalue weighted by molar-refractivity contribution is 7.11. The molecule has 0 amide bonds. The Kier molecular flexibility index (Phi) is 4.80. The molecule has 0 bridgehead atoms. The zero-order valence-corrected chi connectivity index (χ0v) is 15.5. The molecule has 1 atom stereocenters. The number of hydrogen-bond donors (Lipinski definition) is 0. The zero-order valence-electron chi connectivity index (χ0n) is 14.7. The van der Waals surface area contributed by atoms with Gasteiger partial charge >= 0.3 is 0 Å².